The van der Waals surface area contributed by atoms with Crippen molar-refractivity contribution < 1.29 is 32.2 Å². The second-order valence-corrected chi connectivity index (χ2v) is 6.17. The lowest BCUT2D eigenvalue weighted by molar-refractivity contribution is -0.154. The fourth-order valence-electron chi connectivity index (χ4n) is 1.76. The van der Waals surface area contributed by atoms with Gasteiger partial charge in [0, 0.05) is 17.1 Å². The van der Waals surface area contributed by atoms with Crippen molar-refractivity contribution in [3.8, 4) is 5.88 Å². The minimum atomic E-state index is -4.48. The molecule has 0 aliphatic heterocycles. The van der Waals surface area contributed by atoms with Crippen LogP contribution in [0.1, 0.15) is 22.2 Å². The molecular weight excluding hydrogens is 373 g/mol. The predicted octanol–water partition coefficient (Wildman–Crippen LogP) is 2.95. The highest BCUT2D eigenvalue weighted by molar-refractivity contribution is 7.09. The summed E-state index contributed by atoms with van der Waals surface area (Å²) in [6.45, 7) is 0.256. The van der Waals surface area contributed by atoms with Crippen LogP contribution in [0.3, 0.4) is 0 Å². The number of amides is 1. The first kappa shape index (κ1) is 19.7. The Kier molecular flexibility index (Phi) is 6.56. The molecule has 2 rings (SSSR count). The molecule has 1 atom stereocenters. The van der Waals surface area contributed by atoms with Crippen LogP contribution in [0.5, 0.6) is 5.88 Å². The second kappa shape index (κ2) is 8.65. The van der Waals surface area contributed by atoms with Gasteiger partial charge in [-0.2, -0.15) is 13.2 Å². The Balaban J connectivity index is 1.83. The van der Waals surface area contributed by atoms with Gasteiger partial charge in [0.1, 0.15) is 0 Å². The van der Waals surface area contributed by atoms with Crippen LogP contribution >= 0.6 is 11.3 Å². The Labute approximate surface area is 150 Å². The largest absolute Gasteiger partial charge is 0.468 e. The normalized spacial score (nSPS) is 12.3. The maximum atomic E-state index is 12.1. The summed E-state index contributed by atoms with van der Waals surface area (Å²) in [4.78, 5) is 28.4. The van der Waals surface area contributed by atoms with Crippen molar-refractivity contribution in [1.29, 1.82) is 0 Å². The molecule has 1 amide bonds. The Hall–Kier alpha value is -2.62. The Bertz CT molecular complexity index is 733. The van der Waals surface area contributed by atoms with E-state index in [1.54, 1.807) is 0 Å². The summed E-state index contributed by atoms with van der Waals surface area (Å²) in [6, 6.07) is 6.03. The summed E-state index contributed by atoms with van der Waals surface area (Å²) in [5.74, 6) is -1.57. The predicted molar refractivity (Wildman–Crippen MR) is 86.8 cm³/mol. The van der Waals surface area contributed by atoms with E-state index in [0.29, 0.717) is 6.54 Å². The first-order valence-corrected chi connectivity index (χ1v) is 8.29. The number of esters is 1. The van der Waals surface area contributed by atoms with E-state index < -0.39 is 30.8 Å². The van der Waals surface area contributed by atoms with E-state index in [-0.39, 0.29) is 11.4 Å². The highest BCUT2D eigenvalue weighted by atomic mass is 32.1. The zero-order chi connectivity index (χ0) is 19.2. The molecule has 0 spiro atoms. The van der Waals surface area contributed by atoms with E-state index in [0.717, 1.165) is 17.1 Å². The van der Waals surface area contributed by atoms with Gasteiger partial charge in [0.2, 0.25) is 5.88 Å². The van der Waals surface area contributed by atoms with Crippen LogP contribution in [0.2, 0.25) is 0 Å². The van der Waals surface area contributed by atoms with Gasteiger partial charge < -0.3 is 14.8 Å². The van der Waals surface area contributed by atoms with E-state index in [4.69, 9.17) is 4.74 Å². The fourth-order valence-corrected chi connectivity index (χ4v) is 2.40. The summed E-state index contributed by atoms with van der Waals surface area (Å²) < 4.78 is 45.6. The molecule has 1 unspecified atom stereocenters. The number of thiophene rings is 1. The van der Waals surface area contributed by atoms with Crippen molar-refractivity contribution in [1.82, 2.24) is 10.3 Å². The van der Waals surface area contributed by atoms with Gasteiger partial charge in [0.25, 0.3) is 5.91 Å². The lowest BCUT2D eigenvalue weighted by Crippen LogP contribution is -2.35. The molecule has 2 aromatic heterocycles. The zero-order valence-electron chi connectivity index (χ0n) is 13.6. The molecule has 6 nitrogen and oxygen atoms in total. The van der Waals surface area contributed by atoms with Gasteiger partial charge in [-0.15, -0.1) is 11.3 Å². The molecule has 0 aromatic carbocycles. The maximum absolute atomic E-state index is 12.1. The van der Waals surface area contributed by atoms with Crippen LogP contribution in [-0.2, 0) is 16.1 Å². The third-order valence-electron chi connectivity index (χ3n) is 3.03. The number of pyridine rings is 1. The van der Waals surface area contributed by atoms with Crippen molar-refractivity contribution >= 4 is 23.2 Å². The number of nitrogens with zero attached hydrogens (tertiary/aromatic N) is 1. The van der Waals surface area contributed by atoms with E-state index >= 15 is 0 Å². The monoisotopic (exact) mass is 388 g/mol. The molecule has 0 radical (unpaired) electrons. The van der Waals surface area contributed by atoms with Gasteiger partial charge in [-0.1, -0.05) is 6.07 Å². The smallest absolute Gasteiger partial charge is 0.422 e. The maximum Gasteiger partial charge on any atom is 0.422 e. The Morgan fingerprint density at radius 3 is 2.65 bits per heavy atom. The number of hydrogen-bond donors (Lipinski definition) is 1. The van der Waals surface area contributed by atoms with Crippen molar-refractivity contribution in [2.24, 2.45) is 0 Å². The number of nitrogens with one attached hydrogen (secondary N) is 1. The Morgan fingerprint density at radius 2 is 2.08 bits per heavy atom. The van der Waals surface area contributed by atoms with E-state index in [1.165, 1.54) is 24.3 Å². The van der Waals surface area contributed by atoms with E-state index in [1.807, 2.05) is 17.5 Å². The van der Waals surface area contributed by atoms with Crippen LogP contribution in [0.15, 0.2) is 35.8 Å². The van der Waals surface area contributed by atoms with Crippen LogP contribution < -0.4 is 10.1 Å². The van der Waals surface area contributed by atoms with E-state index in [9.17, 15) is 22.8 Å². The summed E-state index contributed by atoms with van der Waals surface area (Å²) in [5.41, 5.74) is -0.0118. The number of hydrogen-bond acceptors (Lipinski definition) is 6. The summed E-state index contributed by atoms with van der Waals surface area (Å²) in [5, 5.41) is 4.51. The van der Waals surface area contributed by atoms with E-state index in [2.05, 4.69) is 15.0 Å². The number of rotatable bonds is 7. The number of carbonyl (C=O) groups is 2. The van der Waals surface area contributed by atoms with Crippen LogP contribution in [0.25, 0.3) is 0 Å². The SMILES string of the molecule is CC(OC(=O)c1ccc(OCC(F)(F)F)nc1)C(=O)NCc1cccs1. The molecule has 10 heteroatoms. The average molecular weight is 388 g/mol. The topological polar surface area (TPSA) is 77.5 Å². The summed E-state index contributed by atoms with van der Waals surface area (Å²) in [6.07, 6.45) is -4.50. The number of aromatic nitrogens is 1. The summed E-state index contributed by atoms with van der Waals surface area (Å²) in [7, 11) is 0. The van der Waals surface area contributed by atoms with Gasteiger partial charge in [-0.05, 0) is 24.4 Å². The molecule has 2 aromatic rings. The minimum Gasteiger partial charge on any atom is -0.468 e. The second-order valence-electron chi connectivity index (χ2n) is 5.13. The first-order valence-electron chi connectivity index (χ1n) is 7.41. The molecule has 0 bridgehead atoms. The molecule has 26 heavy (non-hydrogen) atoms. The van der Waals surface area contributed by atoms with Crippen LogP contribution in [0, 0.1) is 0 Å². The van der Waals surface area contributed by atoms with Gasteiger partial charge >= 0.3 is 12.1 Å². The van der Waals surface area contributed by atoms with Crippen molar-refractivity contribution in [3.63, 3.8) is 0 Å². The average Bonchev–Trinajstić information content (AvgIpc) is 3.11. The third kappa shape index (κ3) is 6.36. The first-order chi connectivity index (χ1) is 12.2. The van der Waals surface area contributed by atoms with Crippen molar-refractivity contribution in [3.05, 3.63) is 46.3 Å². The standard InChI is InChI=1S/C16H15F3N2O4S/c1-10(14(22)21-8-12-3-2-6-26-12)25-15(23)11-4-5-13(20-7-11)24-9-16(17,18)19/h2-7,10H,8-9H2,1H3,(H,21,22). The van der Waals surface area contributed by atoms with Gasteiger partial charge in [0.05, 0.1) is 12.1 Å². The molecule has 0 aliphatic rings. The van der Waals surface area contributed by atoms with Crippen LogP contribution in [0.4, 0.5) is 13.2 Å². The zero-order valence-corrected chi connectivity index (χ0v) is 14.4. The summed E-state index contributed by atoms with van der Waals surface area (Å²) >= 11 is 1.48. The lowest BCUT2D eigenvalue weighted by Gasteiger charge is -2.13. The van der Waals surface area contributed by atoms with Gasteiger partial charge in [-0.25, -0.2) is 9.78 Å². The van der Waals surface area contributed by atoms with Gasteiger partial charge in [-0.3, -0.25) is 4.79 Å². The number of carbonyl (C=O) groups excluding carboxylic acids is 2. The molecule has 0 fully saturated rings. The van der Waals surface area contributed by atoms with Crippen molar-refractivity contribution in [2.75, 3.05) is 6.61 Å². The highest BCUT2D eigenvalue weighted by Gasteiger charge is 2.28. The quantitative estimate of drug-likeness (QED) is 0.738. The molecule has 140 valence electrons. The third-order valence-corrected chi connectivity index (χ3v) is 3.90. The number of alkyl halides is 3. The Morgan fingerprint density at radius 1 is 1.31 bits per heavy atom. The van der Waals surface area contributed by atoms with Crippen molar-refractivity contribution in [2.45, 2.75) is 25.7 Å². The molecular formula is C16H15F3N2O4S. The fraction of sp³-hybridized carbons (Fsp3) is 0.312. The number of ether oxygens (including phenoxy) is 2. The molecule has 0 aliphatic carbocycles. The molecule has 0 saturated heterocycles. The number of halogens is 3. The minimum absolute atomic E-state index is 0.0118. The lowest BCUT2D eigenvalue weighted by atomic mass is 10.3. The van der Waals surface area contributed by atoms with Gasteiger partial charge in [0.15, 0.2) is 12.7 Å². The highest BCUT2D eigenvalue weighted by Crippen LogP contribution is 2.17. The van der Waals surface area contributed by atoms with Crippen LogP contribution in [-0.4, -0.2) is 35.7 Å². The molecule has 0 saturated carbocycles. The molecule has 1 N–H and O–H groups in total. The molecule has 2 heterocycles.